The predicted octanol–water partition coefficient (Wildman–Crippen LogP) is 0.244. The fourth-order valence-corrected chi connectivity index (χ4v) is 2.23. The van der Waals surface area contributed by atoms with E-state index in [1.54, 1.807) is 12.1 Å². The predicted molar refractivity (Wildman–Crippen MR) is 80.6 cm³/mol. The van der Waals surface area contributed by atoms with E-state index < -0.39 is 36.3 Å². The van der Waals surface area contributed by atoms with Gasteiger partial charge in [-0.05, 0) is 19.1 Å². The van der Waals surface area contributed by atoms with Crippen molar-refractivity contribution in [2.24, 2.45) is 0 Å². The van der Waals surface area contributed by atoms with Crippen molar-refractivity contribution in [3.05, 3.63) is 35.4 Å². The van der Waals surface area contributed by atoms with E-state index in [1.807, 2.05) is 6.07 Å². The third kappa shape index (κ3) is 3.41. The van der Waals surface area contributed by atoms with Gasteiger partial charge in [-0.3, -0.25) is 19.3 Å². The molecule has 0 unspecified atom stereocenters. The van der Waals surface area contributed by atoms with Crippen LogP contribution in [0.3, 0.4) is 0 Å². The Labute approximate surface area is 138 Å². The van der Waals surface area contributed by atoms with Crippen LogP contribution in [0.2, 0.25) is 0 Å². The van der Waals surface area contributed by atoms with Crippen LogP contribution in [0, 0.1) is 11.3 Å². The zero-order valence-electron chi connectivity index (χ0n) is 12.9. The van der Waals surface area contributed by atoms with Crippen molar-refractivity contribution in [2.75, 3.05) is 13.2 Å². The van der Waals surface area contributed by atoms with Crippen LogP contribution in [0.4, 0.5) is 0 Å². The van der Waals surface area contributed by atoms with Crippen molar-refractivity contribution in [2.45, 2.75) is 19.4 Å². The van der Waals surface area contributed by atoms with E-state index in [2.05, 4.69) is 5.32 Å². The van der Waals surface area contributed by atoms with Crippen LogP contribution in [0.5, 0.6) is 0 Å². The molecule has 0 spiro atoms. The standard InChI is InChI=1S/C16H15N3O5/c1-10(16(23)24-9-13(20)18-8-4-7-17)19-14(21)11-5-2-3-6-12(11)15(19)22/h2-3,5-6,10H,4,8-9H2,1H3,(H,18,20)/t10-/m1/s1. The smallest absolute Gasteiger partial charge is 0.329 e. The van der Waals surface area contributed by atoms with Gasteiger partial charge in [0.25, 0.3) is 17.7 Å². The monoisotopic (exact) mass is 329 g/mol. The van der Waals surface area contributed by atoms with Gasteiger partial charge in [-0.2, -0.15) is 5.26 Å². The summed E-state index contributed by atoms with van der Waals surface area (Å²) in [7, 11) is 0. The maximum atomic E-state index is 12.3. The van der Waals surface area contributed by atoms with Crippen molar-refractivity contribution < 1.29 is 23.9 Å². The van der Waals surface area contributed by atoms with Gasteiger partial charge in [0.15, 0.2) is 6.61 Å². The molecule has 1 aromatic carbocycles. The quantitative estimate of drug-likeness (QED) is 0.454. The van der Waals surface area contributed by atoms with Gasteiger partial charge < -0.3 is 10.1 Å². The number of benzene rings is 1. The Hall–Kier alpha value is -3.21. The third-order valence-corrected chi connectivity index (χ3v) is 3.46. The molecule has 1 aliphatic heterocycles. The van der Waals surface area contributed by atoms with Crippen molar-refractivity contribution in [1.82, 2.24) is 10.2 Å². The van der Waals surface area contributed by atoms with Crippen LogP contribution >= 0.6 is 0 Å². The van der Waals surface area contributed by atoms with Crippen molar-refractivity contribution in [3.63, 3.8) is 0 Å². The average molecular weight is 329 g/mol. The van der Waals surface area contributed by atoms with Gasteiger partial charge in [-0.25, -0.2) is 4.79 Å². The molecule has 1 N–H and O–H groups in total. The Morgan fingerprint density at radius 2 is 1.83 bits per heavy atom. The molecule has 8 heteroatoms. The molecule has 0 radical (unpaired) electrons. The number of carbonyl (C=O) groups excluding carboxylic acids is 4. The normalized spacial score (nSPS) is 13.9. The fourth-order valence-electron chi connectivity index (χ4n) is 2.23. The summed E-state index contributed by atoms with van der Waals surface area (Å²) in [5.41, 5.74) is 0.466. The number of hydrogen-bond donors (Lipinski definition) is 1. The highest BCUT2D eigenvalue weighted by atomic mass is 16.5. The highest BCUT2D eigenvalue weighted by Crippen LogP contribution is 2.24. The highest BCUT2D eigenvalue weighted by molar-refractivity contribution is 6.22. The van der Waals surface area contributed by atoms with Gasteiger partial charge in [0.2, 0.25) is 0 Å². The molecule has 0 aliphatic carbocycles. The first-order valence-electron chi connectivity index (χ1n) is 7.24. The number of rotatable bonds is 6. The van der Waals surface area contributed by atoms with E-state index in [4.69, 9.17) is 10.00 Å². The second-order valence-corrected chi connectivity index (χ2v) is 5.07. The number of nitrogens with one attached hydrogen (secondary N) is 1. The van der Waals surface area contributed by atoms with Gasteiger partial charge in [0.05, 0.1) is 23.6 Å². The Morgan fingerprint density at radius 3 is 2.38 bits per heavy atom. The zero-order valence-corrected chi connectivity index (χ0v) is 12.9. The molecule has 1 heterocycles. The van der Waals surface area contributed by atoms with Crippen LogP contribution in [-0.4, -0.2) is 47.8 Å². The Morgan fingerprint density at radius 1 is 1.25 bits per heavy atom. The van der Waals surface area contributed by atoms with Gasteiger partial charge in [-0.1, -0.05) is 12.1 Å². The van der Waals surface area contributed by atoms with E-state index in [1.165, 1.54) is 19.1 Å². The van der Waals surface area contributed by atoms with E-state index in [0.29, 0.717) is 0 Å². The van der Waals surface area contributed by atoms with E-state index in [-0.39, 0.29) is 24.1 Å². The summed E-state index contributed by atoms with van der Waals surface area (Å²) in [6.07, 6.45) is 0.144. The number of amides is 3. The number of nitriles is 1. The van der Waals surface area contributed by atoms with Crippen LogP contribution in [0.15, 0.2) is 24.3 Å². The number of nitrogens with zero attached hydrogens (tertiary/aromatic N) is 2. The number of fused-ring (bicyclic) bond motifs is 1. The molecule has 124 valence electrons. The summed E-state index contributed by atoms with van der Waals surface area (Å²) >= 11 is 0. The fraction of sp³-hybridized carbons (Fsp3) is 0.312. The summed E-state index contributed by atoms with van der Waals surface area (Å²) in [5.74, 6) is -2.56. The lowest BCUT2D eigenvalue weighted by atomic mass is 10.1. The maximum Gasteiger partial charge on any atom is 0.329 e. The van der Waals surface area contributed by atoms with Crippen LogP contribution < -0.4 is 5.32 Å². The van der Waals surface area contributed by atoms with Gasteiger partial charge in [0.1, 0.15) is 6.04 Å². The van der Waals surface area contributed by atoms with Crippen molar-refractivity contribution in [1.29, 1.82) is 5.26 Å². The summed E-state index contributed by atoms with van der Waals surface area (Å²) in [4.78, 5) is 48.8. The molecule has 2 rings (SSSR count). The van der Waals surface area contributed by atoms with Gasteiger partial charge in [0, 0.05) is 6.54 Å². The first-order valence-corrected chi connectivity index (χ1v) is 7.24. The lowest BCUT2D eigenvalue weighted by molar-refractivity contribution is -0.151. The van der Waals surface area contributed by atoms with Crippen LogP contribution in [0.25, 0.3) is 0 Å². The van der Waals surface area contributed by atoms with E-state index >= 15 is 0 Å². The number of imide groups is 1. The third-order valence-electron chi connectivity index (χ3n) is 3.46. The molecule has 0 fully saturated rings. The molecule has 8 nitrogen and oxygen atoms in total. The number of esters is 1. The summed E-state index contributed by atoms with van der Waals surface area (Å²) in [5, 5.41) is 10.8. The zero-order chi connectivity index (χ0) is 17.7. The van der Waals surface area contributed by atoms with E-state index in [9.17, 15) is 19.2 Å². The topological polar surface area (TPSA) is 117 Å². The molecule has 1 aromatic rings. The minimum atomic E-state index is -1.15. The first kappa shape index (κ1) is 17.1. The molecule has 0 bridgehead atoms. The minimum Gasteiger partial charge on any atom is -0.454 e. The second-order valence-electron chi connectivity index (χ2n) is 5.07. The molecule has 0 aromatic heterocycles. The summed E-state index contributed by atoms with van der Waals surface area (Å²) < 4.78 is 4.82. The Balaban J connectivity index is 1.95. The van der Waals surface area contributed by atoms with Crippen molar-refractivity contribution in [3.8, 4) is 6.07 Å². The maximum absolute atomic E-state index is 12.3. The summed E-state index contributed by atoms with van der Waals surface area (Å²) in [6.45, 7) is 0.968. The lowest BCUT2D eigenvalue weighted by Crippen LogP contribution is -2.44. The van der Waals surface area contributed by atoms with E-state index in [0.717, 1.165) is 4.90 Å². The highest BCUT2D eigenvalue weighted by Gasteiger charge is 2.41. The SMILES string of the molecule is C[C@H](C(=O)OCC(=O)NCCC#N)N1C(=O)c2ccccc2C1=O. The largest absolute Gasteiger partial charge is 0.454 e. The molecule has 1 aliphatic rings. The lowest BCUT2D eigenvalue weighted by Gasteiger charge is -2.20. The minimum absolute atomic E-state index is 0.144. The molecule has 3 amide bonds. The van der Waals surface area contributed by atoms with Crippen LogP contribution in [-0.2, 0) is 14.3 Å². The first-order chi connectivity index (χ1) is 11.5. The van der Waals surface area contributed by atoms with Gasteiger partial charge in [-0.15, -0.1) is 0 Å². The molecular formula is C16H15N3O5. The number of ether oxygens (including phenoxy) is 1. The molecule has 1 atom stereocenters. The average Bonchev–Trinajstić information content (AvgIpc) is 2.84. The molecule has 0 saturated heterocycles. The molecular weight excluding hydrogens is 314 g/mol. The van der Waals surface area contributed by atoms with Crippen molar-refractivity contribution >= 4 is 23.7 Å². The Kier molecular flexibility index (Phi) is 5.27. The second kappa shape index (κ2) is 7.37. The number of carbonyl (C=O) groups is 4. The Bertz CT molecular complexity index is 702. The van der Waals surface area contributed by atoms with Crippen LogP contribution in [0.1, 0.15) is 34.1 Å². The number of hydrogen-bond acceptors (Lipinski definition) is 6. The molecule has 0 saturated carbocycles. The molecule has 24 heavy (non-hydrogen) atoms. The summed E-state index contributed by atoms with van der Waals surface area (Å²) in [6, 6.07) is 6.98. The van der Waals surface area contributed by atoms with Gasteiger partial charge >= 0.3 is 5.97 Å².